The molecule has 11 nitrogen and oxygen atoms in total. The standard InChI is InChI=1S/C20H20N2O9S/c1-11(22-32(30,31)15-6-7-17(24)16(9-15)20(28)29)12-2-4-13(5-3-12)19(27)21-14(10-23)8-18(25)26/h2-7,9-11,14,22,24H,8H2,1H3,(H,21,27)(H,25,26)(H,28,29)/t11?,14-/m0/s1. The van der Waals surface area contributed by atoms with E-state index < -0.39 is 57.7 Å². The molecular weight excluding hydrogens is 444 g/mol. The van der Waals surface area contributed by atoms with Gasteiger partial charge in [-0.25, -0.2) is 17.9 Å². The molecular formula is C20H20N2O9S. The molecule has 0 aliphatic heterocycles. The molecule has 170 valence electrons. The van der Waals surface area contributed by atoms with Crippen molar-refractivity contribution in [3.8, 4) is 5.75 Å². The number of hydrogen-bond acceptors (Lipinski definition) is 7. The van der Waals surface area contributed by atoms with Crippen molar-refractivity contribution in [1.82, 2.24) is 10.0 Å². The molecule has 1 unspecified atom stereocenters. The highest BCUT2D eigenvalue weighted by Crippen LogP contribution is 2.23. The van der Waals surface area contributed by atoms with Crippen molar-refractivity contribution >= 4 is 34.2 Å². The van der Waals surface area contributed by atoms with Crippen LogP contribution in [-0.2, 0) is 19.6 Å². The van der Waals surface area contributed by atoms with Crippen LogP contribution in [0, 0.1) is 0 Å². The summed E-state index contributed by atoms with van der Waals surface area (Å²) in [4.78, 5) is 44.5. The first-order valence-corrected chi connectivity index (χ1v) is 10.6. The number of nitrogens with one attached hydrogen (secondary N) is 2. The number of benzene rings is 2. The molecule has 2 aromatic carbocycles. The minimum atomic E-state index is -4.14. The summed E-state index contributed by atoms with van der Waals surface area (Å²) in [6.45, 7) is 1.53. The van der Waals surface area contributed by atoms with Crippen LogP contribution in [0.3, 0.4) is 0 Å². The minimum absolute atomic E-state index is 0.130. The zero-order valence-electron chi connectivity index (χ0n) is 16.7. The van der Waals surface area contributed by atoms with Gasteiger partial charge in [0.15, 0.2) is 0 Å². The number of carbonyl (C=O) groups is 4. The van der Waals surface area contributed by atoms with Crippen molar-refractivity contribution in [3.63, 3.8) is 0 Å². The minimum Gasteiger partial charge on any atom is -0.507 e. The third kappa shape index (κ3) is 6.12. The van der Waals surface area contributed by atoms with Gasteiger partial charge in [-0.05, 0) is 42.8 Å². The maximum atomic E-state index is 12.6. The first kappa shape index (κ1) is 24.5. The number of carboxylic acids is 2. The van der Waals surface area contributed by atoms with E-state index in [0.29, 0.717) is 11.8 Å². The third-order valence-electron chi connectivity index (χ3n) is 4.39. The molecule has 0 aliphatic carbocycles. The lowest BCUT2D eigenvalue weighted by Crippen LogP contribution is -2.37. The second kappa shape index (κ2) is 10.0. The van der Waals surface area contributed by atoms with Gasteiger partial charge in [0.05, 0.1) is 17.4 Å². The van der Waals surface area contributed by atoms with E-state index in [1.807, 2.05) is 0 Å². The number of aromatic carboxylic acids is 1. The Bertz CT molecular complexity index is 1140. The Morgan fingerprint density at radius 2 is 1.69 bits per heavy atom. The Morgan fingerprint density at radius 1 is 1.06 bits per heavy atom. The summed E-state index contributed by atoms with van der Waals surface area (Å²) in [5.74, 6) is -3.98. The number of hydrogen-bond donors (Lipinski definition) is 5. The van der Waals surface area contributed by atoms with Gasteiger partial charge in [0.1, 0.15) is 17.6 Å². The number of aldehydes is 1. The van der Waals surface area contributed by atoms with Crippen LogP contribution in [0.25, 0.3) is 0 Å². The summed E-state index contributed by atoms with van der Waals surface area (Å²) in [5.41, 5.74) is 0.0398. The summed E-state index contributed by atoms with van der Waals surface area (Å²) in [6.07, 6.45) is -0.247. The summed E-state index contributed by atoms with van der Waals surface area (Å²) >= 11 is 0. The van der Waals surface area contributed by atoms with E-state index in [2.05, 4.69) is 10.0 Å². The molecule has 0 aromatic heterocycles. The number of rotatable bonds is 10. The lowest BCUT2D eigenvalue weighted by molar-refractivity contribution is -0.138. The molecule has 5 N–H and O–H groups in total. The largest absolute Gasteiger partial charge is 0.507 e. The van der Waals surface area contributed by atoms with Crippen molar-refractivity contribution in [1.29, 1.82) is 0 Å². The van der Waals surface area contributed by atoms with Crippen molar-refractivity contribution in [3.05, 3.63) is 59.2 Å². The molecule has 0 radical (unpaired) electrons. The zero-order valence-corrected chi connectivity index (χ0v) is 17.5. The second-order valence-electron chi connectivity index (χ2n) is 6.76. The van der Waals surface area contributed by atoms with Gasteiger partial charge in [0.2, 0.25) is 10.0 Å². The van der Waals surface area contributed by atoms with Crippen LogP contribution < -0.4 is 10.0 Å². The van der Waals surface area contributed by atoms with E-state index in [9.17, 15) is 32.7 Å². The summed E-state index contributed by atoms with van der Waals surface area (Å²) in [6, 6.07) is 6.59. The van der Waals surface area contributed by atoms with Gasteiger partial charge < -0.3 is 25.4 Å². The Labute approximate surface area is 182 Å². The third-order valence-corrected chi connectivity index (χ3v) is 5.93. The highest BCUT2D eigenvalue weighted by Gasteiger charge is 2.22. The van der Waals surface area contributed by atoms with Crippen LogP contribution in [0.4, 0.5) is 0 Å². The Morgan fingerprint density at radius 3 is 2.22 bits per heavy atom. The lowest BCUT2D eigenvalue weighted by Gasteiger charge is -2.16. The Balaban J connectivity index is 2.14. The number of carboxylic acid groups (broad SMARTS) is 2. The highest BCUT2D eigenvalue weighted by atomic mass is 32.2. The van der Waals surface area contributed by atoms with Crippen LogP contribution in [0.1, 0.15) is 45.7 Å². The Hall–Kier alpha value is -3.77. The van der Waals surface area contributed by atoms with E-state index >= 15 is 0 Å². The molecule has 12 heteroatoms. The number of amides is 1. The fraction of sp³-hybridized carbons (Fsp3) is 0.200. The van der Waals surface area contributed by atoms with Crippen molar-refractivity contribution < 1.29 is 42.9 Å². The van der Waals surface area contributed by atoms with Gasteiger partial charge in [0, 0.05) is 11.6 Å². The maximum Gasteiger partial charge on any atom is 0.339 e. The molecule has 1 amide bonds. The number of aromatic hydroxyl groups is 1. The molecule has 32 heavy (non-hydrogen) atoms. The zero-order chi connectivity index (χ0) is 24.1. The lowest BCUT2D eigenvalue weighted by atomic mass is 10.1. The van der Waals surface area contributed by atoms with Crippen LogP contribution in [-0.4, -0.2) is 53.9 Å². The average Bonchev–Trinajstić information content (AvgIpc) is 2.72. The first-order chi connectivity index (χ1) is 14.9. The molecule has 0 spiro atoms. The molecule has 0 aliphatic rings. The molecule has 0 fully saturated rings. The molecule has 0 heterocycles. The molecule has 0 bridgehead atoms. The van der Waals surface area contributed by atoms with Crippen molar-refractivity contribution in [2.45, 2.75) is 30.3 Å². The van der Waals surface area contributed by atoms with E-state index in [-0.39, 0.29) is 10.5 Å². The SMILES string of the molecule is CC(NS(=O)(=O)c1ccc(O)c(C(=O)O)c1)c1ccc(C(=O)N[C@H](C=O)CC(=O)O)cc1. The van der Waals surface area contributed by atoms with Gasteiger partial charge in [-0.2, -0.15) is 0 Å². The van der Waals surface area contributed by atoms with Crippen LogP contribution in [0.5, 0.6) is 5.75 Å². The quantitative estimate of drug-likeness (QED) is 0.318. The van der Waals surface area contributed by atoms with Gasteiger partial charge in [-0.15, -0.1) is 0 Å². The van der Waals surface area contributed by atoms with Gasteiger partial charge in [-0.1, -0.05) is 12.1 Å². The summed E-state index contributed by atoms with van der Waals surface area (Å²) < 4.78 is 27.5. The van der Waals surface area contributed by atoms with Crippen molar-refractivity contribution in [2.24, 2.45) is 0 Å². The maximum absolute atomic E-state index is 12.6. The smallest absolute Gasteiger partial charge is 0.339 e. The van der Waals surface area contributed by atoms with Gasteiger partial charge >= 0.3 is 11.9 Å². The predicted octanol–water partition coefficient (Wildman–Crippen LogP) is 0.902. The topological polar surface area (TPSA) is 187 Å². The van der Waals surface area contributed by atoms with Crippen LogP contribution >= 0.6 is 0 Å². The van der Waals surface area contributed by atoms with Gasteiger partial charge in [0.25, 0.3) is 5.91 Å². The van der Waals surface area contributed by atoms with Crippen LogP contribution in [0.2, 0.25) is 0 Å². The van der Waals surface area contributed by atoms with Crippen LogP contribution in [0.15, 0.2) is 47.4 Å². The van der Waals surface area contributed by atoms with Crippen molar-refractivity contribution in [2.75, 3.05) is 0 Å². The van der Waals surface area contributed by atoms with E-state index in [1.165, 1.54) is 31.2 Å². The molecule has 0 saturated carbocycles. The fourth-order valence-electron chi connectivity index (χ4n) is 2.72. The number of phenols is 1. The summed E-state index contributed by atoms with van der Waals surface area (Å²) in [5, 5.41) is 29.6. The molecule has 2 atom stereocenters. The fourth-order valence-corrected chi connectivity index (χ4v) is 3.98. The Kier molecular flexibility index (Phi) is 7.67. The van der Waals surface area contributed by atoms with E-state index in [1.54, 1.807) is 0 Å². The molecule has 2 aromatic rings. The predicted molar refractivity (Wildman–Crippen MR) is 110 cm³/mol. The number of carbonyl (C=O) groups excluding carboxylic acids is 2. The second-order valence-corrected chi connectivity index (χ2v) is 8.48. The normalized spacial score (nSPS) is 13.0. The molecule has 2 rings (SSSR count). The highest BCUT2D eigenvalue weighted by molar-refractivity contribution is 7.89. The molecule has 0 saturated heterocycles. The first-order valence-electron chi connectivity index (χ1n) is 9.11. The van der Waals surface area contributed by atoms with E-state index in [0.717, 1.165) is 18.2 Å². The average molecular weight is 464 g/mol. The van der Waals surface area contributed by atoms with E-state index in [4.69, 9.17) is 10.2 Å². The monoisotopic (exact) mass is 464 g/mol. The summed E-state index contributed by atoms with van der Waals surface area (Å²) in [7, 11) is -4.14. The number of aliphatic carboxylic acids is 1. The van der Waals surface area contributed by atoms with Gasteiger partial charge in [-0.3, -0.25) is 9.59 Å². The number of sulfonamides is 1.